The van der Waals surface area contributed by atoms with Gasteiger partial charge < -0.3 is 0 Å². The van der Waals surface area contributed by atoms with Gasteiger partial charge in [-0.15, -0.1) is 11.6 Å². The first-order valence-electron chi connectivity index (χ1n) is 4.88. The van der Waals surface area contributed by atoms with Crippen LogP contribution in [0.1, 0.15) is 22.1 Å². The lowest BCUT2D eigenvalue weighted by Gasteiger charge is -2.09. The molecule has 1 heterocycles. The van der Waals surface area contributed by atoms with Crippen molar-refractivity contribution in [1.29, 1.82) is 0 Å². The standard InChI is InChI=1S/C13H12ClN/c1-10-2-4-11(5-3-10)13(14)12-6-8-15-9-7-12/h2-9,13H,1H3. The van der Waals surface area contributed by atoms with Crippen LogP contribution in [0.4, 0.5) is 0 Å². The van der Waals surface area contributed by atoms with Gasteiger partial charge in [0.2, 0.25) is 0 Å². The zero-order valence-electron chi connectivity index (χ0n) is 8.52. The molecule has 0 saturated heterocycles. The minimum atomic E-state index is -0.0893. The second kappa shape index (κ2) is 4.45. The molecule has 2 rings (SSSR count). The number of aryl methyl sites for hydroxylation is 1. The molecule has 76 valence electrons. The van der Waals surface area contributed by atoms with Crippen LogP contribution < -0.4 is 0 Å². The van der Waals surface area contributed by atoms with Crippen LogP contribution in [0.3, 0.4) is 0 Å². The van der Waals surface area contributed by atoms with Crippen molar-refractivity contribution in [3.05, 3.63) is 65.5 Å². The van der Waals surface area contributed by atoms with E-state index < -0.39 is 0 Å². The van der Waals surface area contributed by atoms with Gasteiger partial charge in [-0.05, 0) is 30.2 Å². The summed E-state index contributed by atoms with van der Waals surface area (Å²) in [5, 5.41) is -0.0893. The van der Waals surface area contributed by atoms with Gasteiger partial charge in [0.05, 0.1) is 5.38 Å². The smallest absolute Gasteiger partial charge is 0.0836 e. The van der Waals surface area contributed by atoms with Crippen LogP contribution in [-0.4, -0.2) is 4.98 Å². The number of nitrogens with zero attached hydrogens (tertiary/aromatic N) is 1. The average Bonchev–Trinajstić information content (AvgIpc) is 2.30. The zero-order valence-corrected chi connectivity index (χ0v) is 9.28. The predicted molar refractivity (Wildman–Crippen MR) is 63.1 cm³/mol. The van der Waals surface area contributed by atoms with E-state index in [1.165, 1.54) is 5.56 Å². The van der Waals surface area contributed by atoms with Gasteiger partial charge in [0.1, 0.15) is 0 Å². The summed E-state index contributed by atoms with van der Waals surface area (Å²) in [6.45, 7) is 2.07. The molecule has 0 bridgehead atoms. The summed E-state index contributed by atoms with van der Waals surface area (Å²) in [6, 6.07) is 12.2. The fourth-order valence-electron chi connectivity index (χ4n) is 1.46. The van der Waals surface area contributed by atoms with Crippen LogP contribution in [0.5, 0.6) is 0 Å². The Morgan fingerprint density at radius 1 is 0.933 bits per heavy atom. The second-order valence-corrected chi connectivity index (χ2v) is 3.99. The Morgan fingerprint density at radius 2 is 1.47 bits per heavy atom. The molecule has 15 heavy (non-hydrogen) atoms. The van der Waals surface area contributed by atoms with Crippen molar-refractivity contribution >= 4 is 11.6 Å². The number of pyridine rings is 1. The molecule has 1 nitrogen and oxygen atoms in total. The van der Waals surface area contributed by atoms with E-state index in [0.29, 0.717) is 0 Å². The Labute approximate surface area is 94.7 Å². The van der Waals surface area contributed by atoms with Crippen LogP contribution in [0, 0.1) is 6.92 Å². The van der Waals surface area contributed by atoms with Gasteiger partial charge in [-0.1, -0.05) is 29.8 Å². The molecule has 0 aliphatic carbocycles. The van der Waals surface area contributed by atoms with Crippen LogP contribution >= 0.6 is 11.6 Å². The molecule has 2 heteroatoms. The predicted octanol–water partition coefficient (Wildman–Crippen LogP) is 3.72. The summed E-state index contributed by atoms with van der Waals surface area (Å²) in [7, 11) is 0. The molecule has 0 saturated carbocycles. The monoisotopic (exact) mass is 217 g/mol. The van der Waals surface area contributed by atoms with E-state index in [4.69, 9.17) is 11.6 Å². The Hall–Kier alpha value is -1.34. The first-order chi connectivity index (χ1) is 7.27. The lowest BCUT2D eigenvalue weighted by molar-refractivity contribution is 1.12. The zero-order chi connectivity index (χ0) is 10.7. The molecule has 0 spiro atoms. The highest BCUT2D eigenvalue weighted by Crippen LogP contribution is 2.27. The molecule has 0 aliphatic heterocycles. The third-order valence-electron chi connectivity index (χ3n) is 2.37. The summed E-state index contributed by atoms with van der Waals surface area (Å²) in [4.78, 5) is 3.98. The molecule has 0 aliphatic rings. The van der Waals surface area contributed by atoms with Crippen molar-refractivity contribution in [1.82, 2.24) is 4.98 Å². The number of aromatic nitrogens is 1. The van der Waals surface area contributed by atoms with Gasteiger partial charge >= 0.3 is 0 Å². The quantitative estimate of drug-likeness (QED) is 0.699. The highest BCUT2D eigenvalue weighted by Gasteiger charge is 2.09. The Balaban J connectivity index is 2.29. The van der Waals surface area contributed by atoms with Crippen LogP contribution in [0.25, 0.3) is 0 Å². The second-order valence-electron chi connectivity index (χ2n) is 3.55. The maximum absolute atomic E-state index is 6.36. The van der Waals surface area contributed by atoms with Crippen molar-refractivity contribution < 1.29 is 0 Å². The molecule has 0 N–H and O–H groups in total. The van der Waals surface area contributed by atoms with E-state index in [2.05, 4.69) is 36.2 Å². The van der Waals surface area contributed by atoms with Gasteiger partial charge in [-0.3, -0.25) is 4.98 Å². The number of benzene rings is 1. The molecule has 1 atom stereocenters. The average molecular weight is 218 g/mol. The minimum Gasteiger partial charge on any atom is -0.265 e. The van der Waals surface area contributed by atoms with Gasteiger partial charge in [0.15, 0.2) is 0 Å². The first kappa shape index (κ1) is 10.2. The molecule has 1 unspecified atom stereocenters. The van der Waals surface area contributed by atoms with E-state index in [0.717, 1.165) is 11.1 Å². The SMILES string of the molecule is Cc1ccc(C(Cl)c2ccncc2)cc1. The fourth-order valence-corrected chi connectivity index (χ4v) is 1.75. The molecule has 0 radical (unpaired) electrons. The summed E-state index contributed by atoms with van der Waals surface area (Å²) in [5.41, 5.74) is 3.45. The number of hydrogen-bond acceptors (Lipinski definition) is 1. The Morgan fingerprint density at radius 3 is 2.07 bits per heavy atom. The van der Waals surface area contributed by atoms with Crippen molar-refractivity contribution in [2.24, 2.45) is 0 Å². The fraction of sp³-hybridized carbons (Fsp3) is 0.154. The van der Waals surface area contributed by atoms with Crippen LogP contribution in [-0.2, 0) is 0 Å². The molecule has 0 fully saturated rings. The van der Waals surface area contributed by atoms with Crippen molar-refractivity contribution in [2.45, 2.75) is 12.3 Å². The minimum absolute atomic E-state index is 0.0893. The highest BCUT2D eigenvalue weighted by atomic mass is 35.5. The van der Waals surface area contributed by atoms with Gasteiger partial charge in [-0.2, -0.15) is 0 Å². The lowest BCUT2D eigenvalue weighted by atomic mass is 10.0. The molecule has 1 aromatic heterocycles. The first-order valence-corrected chi connectivity index (χ1v) is 5.31. The lowest BCUT2D eigenvalue weighted by Crippen LogP contribution is -1.93. The van der Waals surface area contributed by atoms with Crippen molar-refractivity contribution in [2.75, 3.05) is 0 Å². The van der Waals surface area contributed by atoms with Crippen LogP contribution in [0.2, 0.25) is 0 Å². The normalized spacial score (nSPS) is 12.4. The number of hydrogen-bond donors (Lipinski definition) is 0. The van der Waals surface area contributed by atoms with Crippen molar-refractivity contribution in [3.8, 4) is 0 Å². The summed E-state index contributed by atoms with van der Waals surface area (Å²) >= 11 is 6.36. The largest absolute Gasteiger partial charge is 0.265 e. The maximum atomic E-state index is 6.36. The van der Waals surface area contributed by atoms with Gasteiger partial charge in [-0.25, -0.2) is 0 Å². The third kappa shape index (κ3) is 2.37. The van der Waals surface area contributed by atoms with E-state index in [1.54, 1.807) is 12.4 Å². The van der Waals surface area contributed by atoms with E-state index in [-0.39, 0.29) is 5.38 Å². The van der Waals surface area contributed by atoms with Gasteiger partial charge in [0.25, 0.3) is 0 Å². The third-order valence-corrected chi connectivity index (χ3v) is 2.87. The number of alkyl halides is 1. The van der Waals surface area contributed by atoms with Crippen LogP contribution in [0.15, 0.2) is 48.8 Å². The summed E-state index contributed by atoms with van der Waals surface area (Å²) in [5.74, 6) is 0. The molecule has 0 amide bonds. The number of halogens is 1. The summed E-state index contributed by atoms with van der Waals surface area (Å²) < 4.78 is 0. The van der Waals surface area contributed by atoms with E-state index in [1.807, 2.05) is 12.1 Å². The number of rotatable bonds is 2. The molecular formula is C13H12ClN. The Bertz CT molecular complexity index is 422. The van der Waals surface area contributed by atoms with E-state index in [9.17, 15) is 0 Å². The maximum Gasteiger partial charge on any atom is 0.0836 e. The Kier molecular flexibility index (Phi) is 3.02. The van der Waals surface area contributed by atoms with Crippen molar-refractivity contribution in [3.63, 3.8) is 0 Å². The van der Waals surface area contributed by atoms with E-state index >= 15 is 0 Å². The highest BCUT2D eigenvalue weighted by molar-refractivity contribution is 6.22. The molecular weight excluding hydrogens is 206 g/mol. The van der Waals surface area contributed by atoms with Gasteiger partial charge in [0, 0.05) is 12.4 Å². The summed E-state index contributed by atoms with van der Waals surface area (Å²) in [6.07, 6.45) is 3.53. The molecule has 2 aromatic rings. The topological polar surface area (TPSA) is 12.9 Å². The molecule has 1 aromatic carbocycles.